The highest BCUT2D eigenvalue weighted by Crippen LogP contribution is 2.28. The minimum Gasteiger partial charge on any atom is -0.310 e. The van der Waals surface area contributed by atoms with E-state index in [2.05, 4.69) is 12.2 Å². The van der Waals surface area contributed by atoms with Crippen molar-refractivity contribution >= 4 is 11.6 Å². The molecule has 1 fully saturated rings. The van der Waals surface area contributed by atoms with Gasteiger partial charge < -0.3 is 5.32 Å². The molecular weight excluding hydrogens is 134 g/mol. The monoisotopic (exact) mass is 145 g/mol. The molecule has 1 nitrogen and oxygen atoms in total. The third-order valence-corrected chi connectivity index (χ3v) is 1.87. The molecule has 0 spiro atoms. The molecule has 1 saturated carbocycles. The van der Waals surface area contributed by atoms with Gasteiger partial charge >= 0.3 is 0 Å². The van der Waals surface area contributed by atoms with Crippen molar-refractivity contribution in [2.75, 3.05) is 6.54 Å². The van der Waals surface area contributed by atoms with Crippen LogP contribution in [0.3, 0.4) is 0 Å². The molecule has 52 valence electrons. The summed E-state index contributed by atoms with van der Waals surface area (Å²) in [4.78, 5) is 0. The van der Waals surface area contributed by atoms with Crippen LogP contribution in [-0.4, -0.2) is 12.6 Å². The maximum atomic E-state index is 5.32. The molecule has 0 aliphatic heterocycles. The molecule has 0 aromatic heterocycles. The Morgan fingerprint density at radius 3 is 2.89 bits per heavy atom. The van der Waals surface area contributed by atoms with Crippen LogP contribution in [0.4, 0.5) is 0 Å². The van der Waals surface area contributed by atoms with Crippen LogP contribution >= 0.6 is 11.6 Å². The highest BCUT2D eigenvalue weighted by atomic mass is 35.5. The number of hydrogen-bond acceptors (Lipinski definition) is 1. The van der Waals surface area contributed by atoms with Crippen LogP contribution in [0.5, 0.6) is 0 Å². The zero-order chi connectivity index (χ0) is 6.69. The first-order valence-electron chi connectivity index (χ1n) is 3.33. The minimum atomic E-state index is 0.762. The SMILES string of the molecule is CC1CC1NC/C=C/Cl. The lowest BCUT2D eigenvalue weighted by molar-refractivity contribution is 0.705. The van der Waals surface area contributed by atoms with Gasteiger partial charge in [0.1, 0.15) is 0 Å². The zero-order valence-electron chi connectivity index (χ0n) is 5.60. The van der Waals surface area contributed by atoms with E-state index in [0.717, 1.165) is 18.5 Å². The summed E-state index contributed by atoms with van der Waals surface area (Å²) in [6.07, 6.45) is 3.25. The summed E-state index contributed by atoms with van der Waals surface area (Å²) in [5.74, 6) is 0.883. The van der Waals surface area contributed by atoms with Crippen LogP contribution < -0.4 is 5.32 Å². The molecule has 9 heavy (non-hydrogen) atoms. The average molecular weight is 146 g/mol. The summed E-state index contributed by atoms with van der Waals surface area (Å²) in [6, 6.07) is 0.762. The van der Waals surface area contributed by atoms with E-state index < -0.39 is 0 Å². The van der Waals surface area contributed by atoms with Crippen LogP contribution in [0, 0.1) is 5.92 Å². The van der Waals surface area contributed by atoms with Crippen molar-refractivity contribution in [3.63, 3.8) is 0 Å². The Labute approximate surface area is 61.1 Å². The Morgan fingerprint density at radius 1 is 1.78 bits per heavy atom. The van der Waals surface area contributed by atoms with E-state index >= 15 is 0 Å². The highest BCUT2D eigenvalue weighted by molar-refractivity contribution is 6.25. The first-order valence-corrected chi connectivity index (χ1v) is 3.77. The quantitative estimate of drug-likeness (QED) is 0.638. The van der Waals surface area contributed by atoms with E-state index in [-0.39, 0.29) is 0 Å². The van der Waals surface area contributed by atoms with Gasteiger partial charge in [-0.05, 0) is 12.3 Å². The maximum Gasteiger partial charge on any atom is 0.0149 e. The lowest BCUT2D eigenvalue weighted by Gasteiger charge is -1.94. The Morgan fingerprint density at radius 2 is 2.44 bits per heavy atom. The van der Waals surface area contributed by atoms with Gasteiger partial charge in [0.2, 0.25) is 0 Å². The van der Waals surface area contributed by atoms with Crippen molar-refractivity contribution in [3.05, 3.63) is 11.6 Å². The van der Waals surface area contributed by atoms with E-state index in [4.69, 9.17) is 11.6 Å². The van der Waals surface area contributed by atoms with Crippen molar-refractivity contribution in [2.45, 2.75) is 19.4 Å². The van der Waals surface area contributed by atoms with Crippen LogP contribution in [0.25, 0.3) is 0 Å². The van der Waals surface area contributed by atoms with E-state index in [1.807, 2.05) is 6.08 Å². The smallest absolute Gasteiger partial charge is 0.0149 e. The summed E-state index contributed by atoms with van der Waals surface area (Å²) in [7, 11) is 0. The fourth-order valence-electron chi connectivity index (χ4n) is 0.870. The van der Waals surface area contributed by atoms with Gasteiger partial charge in [-0.1, -0.05) is 24.6 Å². The predicted molar refractivity (Wildman–Crippen MR) is 40.6 cm³/mol. The number of halogens is 1. The normalized spacial score (nSPS) is 33.6. The van der Waals surface area contributed by atoms with E-state index in [1.54, 1.807) is 5.54 Å². The summed E-state index contributed by atoms with van der Waals surface area (Å²) in [5, 5.41) is 3.34. The first kappa shape index (κ1) is 7.10. The molecule has 1 aliphatic carbocycles. The molecule has 0 bridgehead atoms. The van der Waals surface area contributed by atoms with E-state index in [9.17, 15) is 0 Å². The second-order valence-electron chi connectivity index (χ2n) is 2.59. The standard InChI is InChI=1S/C7H12ClN/c1-6-5-7(6)9-4-2-3-8/h2-3,6-7,9H,4-5H2,1H3/b3-2+. The van der Waals surface area contributed by atoms with Crippen molar-refractivity contribution in [3.8, 4) is 0 Å². The van der Waals surface area contributed by atoms with Gasteiger partial charge in [0.25, 0.3) is 0 Å². The minimum absolute atomic E-state index is 0.762. The molecule has 0 amide bonds. The van der Waals surface area contributed by atoms with E-state index in [1.165, 1.54) is 6.42 Å². The lowest BCUT2D eigenvalue weighted by Crippen LogP contribution is -2.17. The van der Waals surface area contributed by atoms with Gasteiger partial charge in [-0.2, -0.15) is 0 Å². The number of nitrogens with one attached hydrogen (secondary N) is 1. The molecule has 1 rings (SSSR count). The molecule has 0 radical (unpaired) electrons. The van der Waals surface area contributed by atoms with Crippen LogP contribution in [-0.2, 0) is 0 Å². The van der Waals surface area contributed by atoms with Gasteiger partial charge in [0, 0.05) is 18.1 Å². The molecule has 0 saturated heterocycles. The van der Waals surface area contributed by atoms with Crippen molar-refractivity contribution in [1.82, 2.24) is 5.32 Å². The Hall–Kier alpha value is -0.0100. The predicted octanol–water partition coefficient (Wildman–Crippen LogP) is 1.74. The summed E-state index contributed by atoms with van der Waals surface area (Å²) < 4.78 is 0. The van der Waals surface area contributed by atoms with Gasteiger partial charge in [0.05, 0.1) is 0 Å². The zero-order valence-corrected chi connectivity index (χ0v) is 6.36. The second-order valence-corrected chi connectivity index (χ2v) is 2.84. The summed E-state index contributed by atoms with van der Waals surface area (Å²) >= 11 is 5.32. The Balaban J connectivity index is 1.94. The van der Waals surface area contributed by atoms with Crippen LogP contribution in [0.2, 0.25) is 0 Å². The Kier molecular flexibility index (Phi) is 2.55. The van der Waals surface area contributed by atoms with Gasteiger partial charge in [-0.25, -0.2) is 0 Å². The molecule has 2 heteroatoms. The molecule has 0 heterocycles. The topological polar surface area (TPSA) is 12.0 Å². The average Bonchev–Trinajstić information content (AvgIpc) is 2.48. The van der Waals surface area contributed by atoms with Gasteiger partial charge in [-0.15, -0.1) is 0 Å². The molecule has 0 aromatic carbocycles. The molecular formula is C7H12ClN. The van der Waals surface area contributed by atoms with Crippen molar-refractivity contribution in [1.29, 1.82) is 0 Å². The number of hydrogen-bond donors (Lipinski definition) is 1. The van der Waals surface area contributed by atoms with Crippen LogP contribution in [0.1, 0.15) is 13.3 Å². The molecule has 2 atom stereocenters. The summed E-state index contributed by atoms with van der Waals surface area (Å²) in [5.41, 5.74) is 1.56. The molecule has 1 aliphatic rings. The maximum absolute atomic E-state index is 5.32. The second kappa shape index (κ2) is 3.23. The van der Waals surface area contributed by atoms with E-state index in [0.29, 0.717) is 0 Å². The molecule has 0 aromatic rings. The molecule has 2 unspecified atom stereocenters. The van der Waals surface area contributed by atoms with Gasteiger partial charge in [-0.3, -0.25) is 0 Å². The highest BCUT2D eigenvalue weighted by Gasteiger charge is 2.30. The largest absolute Gasteiger partial charge is 0.310 e. The van der Waals surface area contributed by atoms with Gasteiger partial charge in [0.15, 0.2) is 0 Å². The van der Waals surface area contributed by atoms with Crippen LogP contribution in [0.15, 0.2) is 11.6 Å². The fraction of sp³-hybridized carbons (Fsp3) is 0.714. The first-order chi connectivity index (χ1) is 4.34. The lowest BCUT2D eigenvalue weighted by atomic mass is 10.5. The number of rotatable bonds is 3. The third-order valence-electron chi connectivity index (χ3n) is 1.70. The third kappa shape index (κ3) is 2.37. The van der Waals surface area contributed by atoms with Crippen molar-refractivity contribution in [2.24, 2.45) is 5.92 Å². The molecule has 1 N–H and O–H groups in total. The Bertz CT molecular complexity index is 111. The fourth-order valence-corrected chi connectivity index (χ4v) is 0.960. The summed E-state index contributed by atoms with van der Waals surface area (Å²) in [6.45, 7) is 3.17. The van der Waals surface area contributed by atoms with Crippen molar-refractivity contribution < 1.29 is 0 Å².